The van der Waals surface area contributed by atoms with E-state index in [4.69, 9.17) is 0 Å². The van der Waals surface area contributed by atoms with Gasteiger partial charge < -0.3 is 9.67 Å². The molecule has 1 aromatic heterocycles. The van der Waals surface area contributed by atoms with Gasteiger partial charge in [0, 0.05) is 23.2 Å². The van der Waals surface area contributed by atoms with Crippen molar-refractivity contribution >= 4 is 17.6 Å². The van der Waals surface area contributed by atoms with Crippen LogP contribution in [0.15, 0.2) is 52.5 Å². The lowest BCUT2D eigenvalue weighted by Crippen LogP contribution is -2.14. The van der Waals surface area contributed by atoms with Crippen LogP contribution in [0, 0.1) is 6.92 Å². The van der Waals surface area contributed by atoms with Crippen molar-refractivity contribution in [3.63, 3.8) is 0 Å². The Morgan fingerprint density at radius 1 is 1.42 bits per heavy atom. The minimum atomic E-state index is 0.197. The first-order chi connectivity index (χ1) is 9.22. The van der Waals surface area contributed by atoms with Crippen LogP contribution in [0.3, 0.4) is 0 Å². The molecular weight excluding hydrogens is 258 g/mol. The molecule has 4 nitrogen and oxygen atoms in total. The summed E-state index contributed by atoms with van der Waals surface area (Å²) in [6, 6.07) is 7.01. The van der Waals surface area contributed by atoms with Gasteiger partial charge in [0.15, 0.2) is 0 Å². The van der Waals surface area contributed by atoms with Gasteiger partial charge in [-0.3, -0.25) is 0 Å². The zero-order valence-electron chi connectivity index (χ0n) is 10.7. The van der Waals surface area contributed by atoms with Gasteiger partial charge in [-0.15, -0.1) is 23.0 Å². The Kier molecular flexibility index (Phi) is 4.30. The van der Waals surface area contributed by atoms with E-state index in [-0.39, 0.29) is 5.75 Å². The van der Waals surface area contributed by atoms with Crippen LogP contribution in [0.2, 0.25) is 0 Å². The molecule has 19 heavy (non-hydrogen) atoms. The monoisotopic (exact) mass is 273 g/mol. The highest BCUT2D eigenvalue weighted by Crippen LogP contribution is 2.12. The lowest BCUT2D eigenvalue weighted by molar-refractivity contribution is 0.474. The number of hydrogen-bond donors (Lipinski definition) is 1. The second-order valence-electron chi connectivity index (χ2n) is 3.96. The Labute approximate surface area is 115 Å². The third kappa shape index (κ3) is 3.20. The molecule has 0 spiro atoms. The number of rotatable bonds is 4. The Bertz CT molecular complexity index is 667. The SMILES string of the molecule is C=CCn1c(C)cs/c1=N\N=C\c1ccccc1O. The summed E-state index contributed by atoms with van der Waals surface area (Å²) in [7, 11) is 0. The van der Waals surface area contributed by atoms with E-state index in [1.165, 1.54) is 11.3 Å². The first kappa shape index (κ1) is 13.3. The van der Waals surface area contributed by atoms with Crippen molar-refractivity contribution in [2.24, 2.45) is 10.2 Å². The van der Waals surface area contributed by atoms with Crippen LogP contribution >= 0.6 is 11.3 Å². The fourth-order valence-corrected chi connectivity index (χ4v) is 2.43. The van der Waals surface area contributed by atoms with E-state index in [1.807, 2.05) is 29.0 Å². The fraction of sp³-hybridized carbons (Fsp3) is 0.143. The van der Waals surface area contributed by atoms with Crippen molar-refractivity contribution in [1.29, 1.82) is 0 Å². The molecule has 1 N–H and O–H groups in total. The zero-order chi connectivity index (χ0) is 13.7. The van der Waals surface area contributed by atoms with E-state index in [9.17, 15) is 5.11 Å². The van der Waals surface area contributed by atoms with E-state index in [0.29, 0.717) is 12.1 Å². The third-order valence-electron chi connectivity index (χ3n) is 2.58. The molecule has 2 rings (SSSR count). The summed E-state index contributed by atoms with van der Waals surface area (Å²) in [4.78, 5) is 0.809. The lowest BCUT2D eigenvalue weighted by Gasteiger charge is -1.99. The molecule has 0 unspecified atom stereocenters. The molecule has 0 aliphatic rings. The smallest absolute Gasteiger partial charge is 0.211 e. The van der Waals surface area contributed by atoms with Gasteiger partial charge in [0.25, 0.3) is 0 Å². The Morgan fingerprint density at radius 3 is 2.95 bits per heavy atom. The molecule has 0 aliphatic heterocycles. The average molecular weight is 273 g/mol. The van der Waals surface area contributed by atoms with Crippen LogP contribution in [0.4, 0.5) is 0 Å². The molecule has 1 heterocycles. The van der Waals surface area contributed by atoms with Gasteiger partial charge in [0.05, 0.1) is 6.21 Å². The summed E-state index contributed by atoms with van der Waals surface area (Å²) in [6.07, 6.45) is 3.37. The summed E-state index contributed by atoms with van der Waals surface area (Å²) >= 11 is 1.53. The van der Waals surface area contributed by atoms with Gasteiger partial charge >= 0.3 is 0 Å². The van der Waals surface area contributed by atoms with Crippen LogP contribution in [0.5, 0.6) is 5.75 Å². The lowest BCUT2D eigenvalue weighted by atomic mass is 10.2. The summed E-state index contributed by atoms with van der Waals surface area (Å²) in [6.45, 7) is 6.46. The third-order valence-corrected chi connectivity index (χ3v) is 3.55. The van der Waals surface area contributed by atoms with E-state index in [2.05, 4.69) is 16.8 Å². The minimum Gasteiger partial charge on any atom is -0.507 e. The maximum atomic E-state index is 9.60. The number of aromatic hydroxyl groups is 1. The molecule has 5 heteroatoms. The Hall–Kier alpha value is -2.14. The van der Waals surface area contributed by atoms with E-state index < -0.39 is 0 Å². The quantitative estimate of drug-likeness (QED) is 0.520. The number of nitrogens with zero attached hydrogens (tertiary/aromatic N) is 3. The van der Waals surface area contributed by atoms with Crippen molar-refractivity contribution in [2.75, 3.05) is 0 Å². The molecule has 0 bridgehead atoms. The topological polar surface area (TPSA) is 49.9 Å². The number of aromatic nitrogens is 1. The molecule has 0 atom stereocenters. The Morgan fingerprint density at radius 2 is 2.21 bits per heavy atom. The van der Waals surface area contributed by atoms with Crippen LogP contribution in [0.25, 0.3) is 0 Å². The number of aryl methyl sites for hydroxylation is 1. The molecular formula is C14H15N3OS. The highest BCUT2D eigenvalue weighted by molar-refractivity contribution is 7.07. The molecule has 2 aromatic rings. The normalized spacial score (nSPS) is 12.2. The van der Waals surface area contributed by atoms with Gasteiger partial charge in [0.1, 0.15) is 5.75 Å². The molecule has 0 saturated heterocycles. The fourth-order valence-electron chi connectivity index (χ4n) is 1.58. The van der Waals surface area contributed by atoms with E-state index >= 15 is 0 Å². The molecule has 1 aromatic carbocycles. The highest BCUT2D eigenvalue weighted by atomic mass is 32.1. The van der Waals surface area contributed by atoms with Gasteiger partial charge in [-0.25, -0.2) is 0 Å². The molecule has 98 valence electrons. The number of phenolic OH excluding ortho intramolecular Hbond substituents is 1. The van der Waals surface area contributed by atoms with Crippen LogP contribution in [-0.4, -0.2) is 15.9 Å². The van der Waals surface area contributed by atoms with Gasteiger partial charge in [0.2, 0.25) is 4.80 Å². The molecule has 0 fully saturated rings. The van der Waals surface area contributed by atoms with Crippen molar-refractivity contribution < 1.29 is 5.11 Å². The standard InChI is InChI=1S/C14H15N3OS/c1-3-8-17-11(2)10-19-14(17)16-15-9-12-6-4-5-7-13(12)18/h3-7,9-10,18H,1,8H2,2H3/b15-9+,16-14-. The zero-order valence-corrected chi connectivity index (χ0v) is 11.5. The number of hydrogen-bond acceptors (Lipinski definition) is 4. The highest BCUT2D eigenvalue weighted by Gasteiger charge is 1.98. The summed E-state index contributed by atoms with van der Waals surface area (Å²) in [5, 5.41) is 19.8. The number of phenols is 1. The summed E-state index contributed by atoms with van der Waals surface area (Å²) < 4.78 is 2.03. The van der Waals surface area contributed by atoms with Crippen LogP contribution in [0.1, 0.15) is 11.3 Å². The van der Waals surface area contributed by atoms with E-state index in [0.717, 1.165) is 10.5 Å². The summed E-state index contributed by atoms with van der Waals surface area (Å²) in [5.74, 6) is 0.197. The molecule has 0 aliphatic carbocycles. The predicted molar refractivity (Wildman–Crippen MR) is 78.5 cm³/mol. The van der Waals surface area contributed by atoms with E-state index in [1.54, 1.807) is 24.4 Å². The largest absolute Gasteiger partial charge is 0.507 e. The number of para-hydroxylation sites is 1. The summed E-state index contributed by atoms with van der Waals surface area (Å²) in [5.41, 5.74) is 1.77. The van der Waals surface area contributed by atoms with Gasteiger partial charge in [-0.2, -0.15) is 5.10 Å². The maximum absolute atomic E-state index is 9.60. The van der Waals surface area contributed by atoms with Crippen molar-refractivity contribution in [3.05, 3.63) is 58.4 Å². The number of allylic oxidation sites excluding steroid dienone is 1. The predicted octanol–water partition coefficient (Wildman–Crippen LogP) is 2.68. The first-order valence-corrected chi connectivity index (χ1v) is 6.71. The number of thiazole rings is 1. The second-order valence-corrected chi connectivity index (χ2v) is 4.80. The van der Waals surface area contributed by atoms with Crippen molar-refractivity contribution in [2.45, 2.75) is 13.5 Å². The first-order valence-electron chi connectivity index (χ1n) is 5.83. The van der Waals surface area contributed by atoms with Gasteiger partial charge in [-0.05, 0) is 19.1 Å². The van der Waals surface area contributed by atoms with Crippen LogP contribution < -0.4 is 4.80 Å². The van der Waals surface area contributed by atoms with Gasteiger partial charge in [-0.1, -0.05) is 18.2 Å². The Balaban J connectivity index is 2.28. The molecule has 0 amide bonds. The molecule has 0 radical (unpaired) electrons. The number of benzene rings is 1. The minimum absolute atomic E-state index is 0.197. The maximum Gasteiger partial charge on any atom is 0.211 e. The van der Waals surface area contributed by atoms with Crippen molar-refractivity contribution in [1.82, 2.24) is 4.57 Å². The van der Waals surface area contributed by atoms with Crippen molar-refractivity contribution in [3.8, 4) is 5.75 Å². The second kappa shape index (κ2) is 6.15. The molecule has 0 saturated carbocycles. The average Bonchev–Trinajstić information content (AvgIpc) is 2.74. The van der Waals surface area contributed by atoms with Crippen LogP contribution in [-0.2, 0) is 6.54 Å².